The molecule has 1 fully saturated rings. The van der Waals surface area contributed by atoms with Gasteiger partial charge in [-0.15, -0.1) is 0 Å². The minimum Gasteiger partial charge on any atom is -0.490 e. The van der Waals surface area contributed by atoms with Crippen molar-refractivity contribution in [2.24, 2.45) is 0 Å². The normalized spacial score (nSPS) is 15.8. The van der Waals surface area contributed by atoms with Crippen LogP contribution in [0.3, 0.4) is 0 Å². The van der Waals surface area contributed by atoms with E-state index in [0.717, 1.165) is 29.7 Å². The van der Waals surface area contributed by atoms with Crippen molar-refractivity contribution < 1.29 is 9.13 Å². The summed E-state index contributed by atoms with van der Waals surface area (Å²) in [6, 6.07) is 13.4. The van der Waals surface area contributed by atoms with Crippen molar-refractivity contribution in [3.8, 4) is 5.75 Å². The third-order valence-corrected chi connectivity index (χ3v) is 3.84. The van der Waals surface area contributed by atoms with E-state index in [1.54, 1.807) is 13.0 Å². The van der Waals surface area contributed by atoms with Gasteiger partial charge in [0.15, 0.2) is 0 Å². The van der Waals surface area contributed by atoms with Crippen molar-refractivity contribution in [1.29, 1.82) is 0 Å². The molecule has 0 spiro atoms. The van der Waals surface area contributed by atoms with E-state index >= 15 is 0 Å². The van der Waals surface area contributed by atoms with Gasteiger partial charge in [-0.3, -0.25) is 0 Å². The van der Waals surface area contributed by atoms with Crippen molar-refractivity contribution in [3.63, 3.8) is 0 Å². The Labute approximate surface area is 125 Å². The molecule has 0 radical (unpaired) electrons. The van der Waals surface area contributed by atoms with Crippen LogP contribution < -0.4 is 10.1 Å². The number of halogens is 1. The fourth-order valence-corrected chi connectivity index (χ4v) is 2.46. The predicted molar refractivity (Wildman–Crippen MR) is 82.1 cm³/mol. The molecular weight excluding hydrogens is 265 g/mol. The van der Waals surface area contributed by atoms with Crippen molar-refractivity contribution in [1.82, 2.24) is 5.32 Å². The summed E-state index contributed by atoms with van der Waals surface area (Å²) in [7, 11) is 1.89. The molecule has 1 aliphatic carbocycles. The van der Waals surface area contributed by atoms with Crippen LogP contribution >= 0.6 is 0 Å². The van der Waals surface area contributed by atoms with Gasteiger partial charge in [0, 0.05) is 0 Å². The second-order valence-electron chi connectivity index (χ2n) is 5.62. The van der Waals surface area contributed by atoms with E-state index in [1.807, 2.05) is 43.4 Å². The van der Waals surface area contributed by atoms with Gasteiger partial charge in [-0.25, -0.2) is 4.39 Å². The van der Waals surface area contributed by atoms with Crippen LogP contribution in [0.15, 0.2) is 42.5 Å². The summed E-state index contributed by atoms with van der Waals surface area (Å²) < 4.78 is 19.6. The zero-order valence-electron chi connectivity index (χ0n) is 12.4. The fraction of sp³-hybridized carbons (Fsp3) is 0.333. The quantitative estimate of drug-likeness (QED) is 0.897. The van der Waals surface area contributed by atoms with Gasteiger partial charge in [0.25, 0.3) is 0 Å². The van der Waals surface area contributed by atoms with E-state index in [2.05, 4.69) is 5.32 Å². The highest BCUT2D eigenvalue weighted by molar-refractivity contribution is 5.38. The van der Waals surface area contributed by atoms with Gasteiger partial charge in [-0.05, 0) is 61.7 Å². The van der Waals surface area contributed by atoms with Crippen LogP contribution in [0.1, 0.15) is 35.6 Å². The van der Waals surface area contributed by atoms with Crippen molar-refractivity contribution in [2.75, 3.05) is 7.05 Å². The molecule has 0 bridgehead atoms. The SMILES string of the molecule is CNC(c1cccc(OC2CC2)c1)c1ccc(C)c(F)c1. The van der Waals surface area contributed by atoms with Crippen LogP contribution in [0, 0.1) is 12.7 Å². The molecule has 3 heteroatoms. The topological polar surface area (TPSA) is 21.3 Å². The number of benzene rings is 2. The van der Waals surface area contributed by atoms with Gasteiger partial charge < -0.3 is 10.1 Å². The first-order valence-electron chi connectivity index (χ1n) is 7.37. The summed E-state index contributed by atoms with van der Waals surface area (Å²) >= 11 is 0. The summed E-state index contributed by atoms with van der Waals surface area (Å²) in [5, 5.41) is 3.26. The molecule has 0 aromatic heterocycles. The number of rotatable bonds is 5. The third kappa shape index (κ3) is 3.24. The lowest BCUT2D eigenvalue weighted by molar-refractivity contribution is 0.302. The second-order valence-corrected chi connectivity index (χ2v) is 5.62. The van der Waals surface area contributed by atoms with Crippen LogP contribution in [0.5, 0.6) is 5.75 Å². The molecule has 1 aliphatic rings. The van der Waals surface area contributed by atoms with E-state index in [1.165, 1.54) is 0 Å². The van der Waals surface area contributed by atoms with Crippen molar-refractivity contribution >= 4 is 0 Å². The Hall–Kier alpha value is -1.87. The lowest BCUT2D eigenvalue weighted by Gasteiger charge is -2.18. The summed E-state index contributed by atoms with van der Waals surface area (Å²) in [5.74, 6) is 0.723. The average molecular weight is 285 g/mol. The first kappa shape index (κ1) is 14.1. The molecule has 21 heavy (non-hydrogen) atoms. The van der Waals surface area contributed by atoms with Crippen LogP contribution in [-0.4, -0.2) is 13.2 Å². The Morgan fingerprint density at radius 3 is 2.57 bits per heavy atom. The summed E-state index contributed by atoms with van der Waals surface area (Å²) in [5.41, 5.74) is 2.67. The minimum atomic E-state index is -0.168. The van der Waals surface area contributed by atoms with Crippen LogP contribution in [-0.2, 0) is 0 Å². The first-order valence-corrected chi connectivity index (χ1v) is 7.37. The average Bonchev–Trinajstić information content (AvgIpc) is 3.28. The highest BCUT2D eigenvalue weighted by atomic mass is 19.1. The first-order chi connectivity index (χ1) is 10.2. The maximum atomic E-state index is 13.8. The molecule has 1 unspecified atom stereocenters. The molecule has 0 aliphatic heterocycles. The van der Waals surface area contributed by atoms with Gasteiger partial charge in [0.05, 0.1) is 12.1 Å². The van der Waals surface area contributed by atoms with Crippen LogP contribution in [0.25, 0.3) is 0 Å². The summed E-state index contributed by atoms with van der Waals surface area (Å²) in [6.07, 6.45) is 2.66. The number of hydrogen-bond donors (Lipinski definition) is 1. The molecule has 110 valence electrons. The maximum absolute atomic E-state index is 13.8. The molecule has 2 aromatic carbocycles. The van der Waals surface area contributed by atoms with E-state index in [4.69, 9.17) is 4.74 Å². The van der Waals surface area contributed by atoms with Crippen molar-refractivity contribution in [2.45, 2.75) is 31.9 Å². The van der Waals surface area contributed by atoms with Crippen LogP contribution in [0.4, 0.5) is 4.39 Å². The third-order valence-electron chi connectivity index (χ3n) is 3.84. The predicted octanol–water partition coefficient (Wildman–Crippen LogP) is 3.98. The Kier molecular flexibility index (Phi) is 3.93. The molecule has 2 nitrogen and oxygen atoms in total. The van der Waals surface area contributed by atoms with Gasteiger partial charge in [0.1, 0.15) is 11.6 Å². The Morgan fingerprint density at radius 2 is 1.90 bits per heavy atom. The minimum absolute atomic E-state index is 0.0390. The van der Waals surface area contributed by atoms with Gasteiger partial charge in [-0.2, -0.15) is 0 Å². The second kappa shape index (κ2) is 5.86. The fourth-order valence-electron chi connectivity index (χ4n) is 2.46. The molecule has 0 amide bonds. The van der Waals surface area contributed by atoms with Gasteiger partial charge in [-0.1, -0.05) is 24.3 Å². The highest BCUT2D eigenvalue weighted by Crippen LogP contribution is 2.30. The van der Waals surface area contributed by atoms with Crippen LogP contribution in [0.2, 0.25) is 0 Å². The lowest BCUT2D eigenvalue weighted by atomic mass is 9.97. The summed E-state index contributed by atoms with van der Waals surface area (Å²) in [6.45, 7) is 1.78. The smallest absolute Gasteiger partial charge is 0.126 e. The molecule has 1 N–H and O–H groups in total. The monoisotopic (exact) mass is 285 g/mol. The van der Waals surface area contributed by atoms with E-state index in [0.29, 0.717) is 11.7 Å². The molecule has 0 heterocycles. The number of nitrogens with one attached hydrogen (secondary N) is 1. The molecule has 3 rings (SSSR count). The molecule has 1 atom stereocenters. The van der Waals surface area contributed by atoms with E-state index < -0.39 is 0 Å². The Bertz CT molecular complexity index is 637. The molecule has 1 saturated carbocycles. The molecular formula is C18H20FNO. The largest absolute Gasteiger partial charge is 0.490 e. The van der Waals surface area contributed by atoms with Crippen molar-refractivity contribution in [3.05, 3.63) is 65.0 Å². The Morgan fingerprint density at radius 1 is 1.14 bits per heavy atom. The standard InChI is InChI=1S/C18H20FNO/c1-12-6-7-14(11-17(12)19)18(20-2)13-4-3-5-16(10-13)21-15-8-9-15/h3-7,10-11,15,18,20H,8-9H2,1-2H3. The van der Waals surface area contributed by atoms with Gasteiger partial charge >= 0.3 is 0 Å². The number of ether oxygens (including phenoxy) is 1. The summed E-state index contributed by atoms with van der Waals surface area (Å²) in [4.78, 5) is 0. The molecule has 0 saturated heterocycles. The lowest BCUT2D eigenvalue weighted by Crippen LogP contribution is -2.18. The zero-order valence-corrected chi connectivity index (χ0v) is 12.4. The number of hydrogen-bond acceptors (Lipinski definition) is 2. The van der Waals surface area contributed by atoms with Gasteiger partial charge in [0.2, 0.25) is 0 Å². The zero-order chi connectivity index (χ0) is 14.8. The maximum Gasteiger partial charge on any atom is 0.126 e. The van der Waals surface area contributed by atoms with E-state index in [9.17, 15) is 4.39 Å². The Balaban J connectivity index is 1.89. The highest BCUT2D eigenvalue weighted by Gasteiger charge is 2.24. The number of aryl methyl sites for hydroxylation is 1. The van der Waals surface area contributed by atoms with E-state index in [-0.39, 0.29) is 11.9 Å². The molecule has 2 aromatic rings.